The zero-order valence-corrected chi connectivity index (χ0v) is 13.5. The molecular weight excluding hydrogens is 304 g/mol. The Kier molecular flexibility index (Phi) is 3.37. The molecule has 0 aliphatic heterocycles. The van der Waals surface area contributed by atoms with Gasteiger partial charge < -0.3 is 10.2 Å². The molecule has 122 valence electrons. The number of nitrogen functional groups attached to an aromatic ring is 1. The molecule has 0 bridgehead atoms. The molecule has 24 heavy (non-hydrogen) atoms. The average molecular weight is 322 g/mol. The van der Waals surface area contributed by atoms with Gasteiger partial charge in [-0.1, -0.05) is 18.9 Å². The SMILES string of the molecule is CC(=O)c1cc2c(=O)c3cc(C4CCCC4)ccc3oc2nc1N. The third kappa shape index (κ3) is 2.28. The van der Waals surface area contributed by atoms with E-state index in [-0.39, 0.29) is 28.3 Å². The third-order valence-corrected chi connectivity index (χ3v) is 4.92. The van der Waals surface area contributed by atoms with E-state index < -0.39 is 0 Å². The number of pyridine rings is 1. The number of Topliss-reactive ketones (excluding diaryl/α,β-unsaturated/α-hetero) is 1. The van der Waals surface area contributed by atoms with Gasteiger partial charge in [-0.2, -0.15) is 4.98 Å². The maximum absolute atomic E-state index is 12.9. The summed E-state index contributed by atoms with van der Waals surface area (Å²) in [7, 11) is 0. The lowest BCUT2D eigenvalue weighted by Crippen LogP contribution is -2.09. The standard InChI is InChI=1S/C19H18N2O3/c1-10(22)13-9-15-17(23)14-8-12(11-4-2-3-5-11)6-7-16(14)24-19(15)21-18(13)20/h6-9,11H,2-5H2,1H3,(H2,20,21). The van der Waals surface area contributed by atoms with Crippen LogP contribution in [-0.4, -0.2) is 10.8 Å². The predicted molar refractivity (Wildman–Crippen MR) is 93.4 cm³/mol. The fourth-order valence-corrected chi connectivity index (χ4v) is 3.61. The summed E-state index contributed by atoms with van der Waals surface area (Å²) in [5, 5.41) is 0.832. The molecule has 0 saturated heterocycles. The molecule has 1 aromatic carbocycles. The molecule has 0 atom stereocenters. The van der Waals surface area contributed by atoms with E-state index in [2.05, 4.69) is 4.98 Å². The van der Waals surface area contributed by atoms with E-state index in [0.717, 1.165) is 12.8 Å². The molecule has 0 unspecified atom stereocenters. The molecule has 4 rings (SSSR count). The predicted octanol–water partition coefficient (Wildman–Crippen LogP) is 3.78. The van der Waals surface area contributed by atoms with Crippen molar-refractivity contribution in [2.45, 2.75) is 38.5 Å². The fourth-order valence-electron chi connectivity index (χ4n) is 3.61. The molecule has 1 saturated carbocycles. The Morgan fingerprint density at radius 2 is 1.96 bits per heavy atom. The highest BCUT2D eigenvalue weighted by Gasteiger charge is 2.19. The molecular formula is C19H18N2O3. The zero-order chi connectivity index (χ0) is 16.8. The highest BCUT2D eigenvalue weighted by molar-refractivity contribution is 6.02. The van der Waals surface area contributed by atoms with Gasteiger partial charge in [0.05, 0.1) is 16.3 Å². The van der Waals surface area contributed by atoms with Crippen LogP contribution in [0.15, 0.2) is 33.5 Å². The van der Waals surface area contributed by atoms with E-state index in [1.54, 1.807) is 0 Å². The molecule has 1 fully saturated rings. The Hall–Kier alpha value is -2.69. The highest BCUT2D eigenvalue weighted by atomic mass is 16.3. The monoisotopic (exact) mass is 322 g/mol. The number of hydrogen-bond donors (Lipinski definition) is 1. The summed E-state index contributed by atoms with van der Waals surface area (Å²) in [5.41, 5.74) is 7.73. The molecule has 2 aromatic heterocycles. The molecule has 0 radical (unpaired) electrons. The molecule has 0 spiro atoms. The van der Waals surface area contributed by atoms with Crippen molar-refractivity contribution in [3.63, 3.8) is 0 Å². The normalized spacial score (nSPS) is 15.4. The molecule has 5 heteroatoms. The molecule has 1 aliphatic carbocycles. The Bertz CT molecular complexity index is 1030. The van der Waals surface area contributed by atoms with Crippen LogP contribution >= 0.6 is 0 Å². The van der Waals surface area contributed by atoms with Crippen LogP contribution in [0.1, 0.15) is 54.4 Å². The zero-order valence-electron chi connectivity index (χ0n) is 13.5. The van der Waals surface area contributed by atoms with Gasteiger partial charge in [0, 0.05) is 0 Å². The molecule has 2 N–H and O–H groups in total. The summed E-state index contributed by atoms with van der Waals surface area (Å²) in [6, 6.07) is 7.29. The van der Waals surface area contributed by atoms with Gasteiger partial charge in [0.1, 0.15) is 11.4 Å². The van der Waals surface area contributed by atoms with Gasteiger partial charge in [-0.15, -0.1) is 0 Å². The minimum absolute atomic E-state index is 0.0834. The summed E-state index contributed by atoms with van der Waals surface area (Å²) in [5.74, 6) is 0.378. The summed E-state index contributed by atoms with van der Waals surface area (Å²) in [6.45, 7) is 1.40. The van der Waals surface area contributed by atoms with Crippen molar-refractivity contribution in [3.8, 4) is 0 Å². The molecule has 1 aliphatic rings. The number of nitrogens with zero attached hydrogens (tertiary/aromatic N) is 1. The Morgan fingerprint density at radius 1 is 1.21 bits per heavy atom. The van der Waals surface area contributed by atoms with Gasteiger partial charge in [-0.25, -0.2) is 0 Å². The largest absolute Gasteiger partial charge is 0.437 e. The second-order valence-corrected chi connectivity index (χ2v) is 6.50. The van der Waals surface area contributed by atoms with Gasteiger partial charge >= 0.3 is 0 Å². The lowest BCUT2D eigenvalue weighted by molar-refractivity contribution is 0.101. The quantitative estimate of drug-likeness (QED) is 0.573. The number of ketones is 1. The van der Waals surface area contributed by atoms with Crippen LogP contribution in [0.25, 0.3) is 22.1 Å². The van der Waals surface area contributed by atoms with Gasteiger partial charge in [0.25, 0.3) is 0 Å². The Morgan fingerprint density at radius 3 is 2.67 bits per heavy atom. The van der Waals surface area contributed by atoms with Crippen LogP contribution in [-0.2, 0) is 0 Å². The van der Waals surface area contributed by atoms with Crippen molar-refractivity contribution < 1.29 is 9.21 Å². The minimum atomic E-state index is -0.221. The number of aromatic nitrogens is 1. The first-order valence-electron chi connectivity index (χ1n) is 8.22. The van der Waals surface area contributed by atoms with Crippen LogP contribution in [0.5, 0.6) is 0 Å². The summed E-state index contributed by atoms with van der Waals surface area (Å²) < 4.78 is 5.76. The summed E-state index contributed by atoms with van der Waals surface area (Å²) in [4.78, 5) is 28.6. The number of nitrogens with two attached hydrogens (primary N) is 1. The molecule has 5 nitrogen and oxygen atoms in total. The van der Waals surface area contributed by atoms with Crippen molar-refractivity contribution in [1.82, 2.24) is 4.98 Å². The highest BCUT2D eigenvalue weighted by Crippen LogP contribution is 2.35. The Balaban J connectivity index is 1.99. The topological polar surface area (TPSA) is 86.2 Å². The number of carbonyl (C=O) groups is 1. The minimum Gasteiger partial charge on any atom is -0.437 e. The van der Waals surface area contributed by atoms with E-state index in [1.807, 2.05) is 18.2 Å². The number of anilines is 1. The molecule has 2 heterocycles. The number of rotatable bonds is 2. The average Bonchev–Trinajstić information content (AvgIpc) is 3.08. The third-order valence-electron chi connectivity index (χ3n) is 4.92. The number of carbonyl (C=O) groups excluding carboxylic acids is 1. The van der Waals surface area contributed by atoms with E-state index in [0.29, 0.717) is 22.3 Å². The summed E-state index contributed by atoms with van der Waals surface area (Å²) in [6.07, 6.45) is 4.80. The van der Waals surface area contributed by atoms with Gasteiger partial charge in [0.2, 0.25) is 11.1 Å². The van der Waals surface area contributed by atoms with Crippen LogP contribution in [0.2, 0.25) is 0 Å². The van der Waals surface area contributed by atoms with E-state index in [1.165, 1.54) is 31.4 Å². The van der Waals surface area contributed by atoms with Crippen LogP contribution in [0, 0.1) is 0 Å². The van der Waals surface area contributed by atoms with Gasteiger partial charge in [-0.3, -0.25) is 9.59 Å². The van der Waals surface area contributed by atoms with E-state index >= 15 is 0 Å². The number of hydrogen-bond acceptors (Lipinski definition) is 5. The van der Waals surface area contributed by atoms with Crippen molar-refractivity contribution in [2.24, 2.45) is 0 Å². The second kappa shape index (κ2) is 5.44. The Labute approximate surface area is 138 Å². The lowest BCUT2D eigenvalue weighted by atomic mass is 9.96. The maximum Gasteiger partial charge on any atom is 0.232 e. The second-order valence-electron chi connectivity index (χ2n) is 6.50. The van der Waals surface area contributed by atoms with Gasteiger partial charge in [-0.05, 0) is 49.4 Å². The first-order chi connectivity index (χ1) is 11.5. The van der Waals surface area contributed by atoms with Crippen molar-refractivity contribution >= 4 is 33.7 Å². The van der Waals surface area contributed by atoms with Crippen molar-refractivity contribution in [2.75, 3.05) is 5.73 Å². The summed E-state index contributed by atoms with van der Waals surface area (Å²) >= 11 is 0. The first-order valence-corrected chi connectivity index (χ1v) is 8.22. The first kappa shape index (κ1) is 14.9. The van der Waals surface area contributed by atoms with Crippen LogP contribution in [0.3, 0.4) is 0 Å². The van der Waals surface area contributed by atoms with Crippen LogP contribution < -0.4 is 11.2 Å². The van der Waals surface area contributed by atoms with Gasteiger partial charge in [0.15, 0.2) is 5.78 Å². The number of benzene rings is 1. The molecule has 3 aromatic rings. The fraction of sp³-hybridized carbons (Fsp3) is 0.316. The van der Waals surface area contributed by atoms with Crippen LogP contribution in [0.4, 0.5) is 5.82 Å². The lowest BCUT2D eigenvalue weighted by Gasteiger charge is -2.10. The van der Waals surface area contributed by atoms with Crippen molar-refractivity contribution in [3.05, 3.63) is 45.6 Å². The smallest absolute Gasteiger partial charge is 0.232 e. The van der Waals surface area contributed by atoms with E-state index in [9.17, 15) is 9.59 Å². The maximum atomic E-state index is 12.9. The molecule has 0 amide bonds. The number of fused-ring (bicyclic) bond motifs is 2. The van der Waals surface area contributed by atoms with Crippen molar-refractivity contribution in [1.29, 1.82) is 0 Å². The van der Waals surface area contributed by atoms with E-state index in [4.69, 9.17) is 10.2 Å².